The smallest absolute Gasteiger partial charge is 0.324 e. The molecule has 1 aromatic heterocycles. The molecular weight excluding hydrogens is 400 g/mol. The number of anilines is 1. The minimum Gasteiger partial charge on any atom is -0.324 e. The van der Waals surface area contributed by atoms with Gasteiger partial charge in [-0.15, -0.1) is 11.3 Å². The minimum atomic E-state index is -1.06. The van der Waals surface area contributed by atoms with Crippen molar-refractivity contribution in [2.45, 2.75) is 31.7 Å². The van der Waals surface area contributed by atoms with Crippen LogP contribution in [0.2, 0.25) is 0 Å². The summed E-state index contributed by atoms with van der Waals surface area (Å²) in [5.41, 5.74) is 2.33. The van der Waals surface area contributed by atoms with Gasteiger partial charge in [-0.2, -0.15) is 0 Å². The monoisotopic (exact) mass is 420 g/mol. The van der Waals surface area contributed by atoms with Gasteiger partial charge in [-0.3, -0.25) is 14.5 Å². The molecule has 152 valence electrons. The van der Waals surface area contributed by atoms with Crippen molar-refractivity contribution < 1.29 is 14.4 Å². The highest BCUT2D eigenvalue weighted by molar-refractivity contribution is 7.18. The Morgan fingerprint density at radius 1 is 1.27 bits per heavy atom. The predicted molar refractivity (Wildman–Crippen MR) is 114 cm³/mol. The van der Waals surface area contributed by atoms with Crippen molar-refractivity contribution in [3.8, 4) is 0 Å². The van der Waals surface area contributed by atoms with E-state index < -0.39 is 17.5 Å². The Kier molecular flexibility index (Phi) is 4.32. The molecule has 2 heterocycles. The fraction of sp³-hybridized carbons (Fsp3) is 0.273. The third-order valence-corrected chi connectivity index (χ3v) is 6.67. The average molecular weight is 420 g/mol. The zero-order chi connectivity index (χ0) is 20.9. The first-order valence-corrected chi connectivity index (χ1v) is 10.7. The van der Waals surface area contributed by atoms with Gasteiger partial charge in [-0.25, -0.2) is 9.78 Å². The van der Waals surface area contributed by atoms with Crippen LogP contribution in [0.1, 0.15) is 29.0 Å². The first-order chi connectivity index (χ1) is 14.5. The molecule has 0 radical (unpaired) electrons. The summed E-state index contributed by atoms with van der Waals surface area (Å²) in [6.45, 7) is 1.61. The van der Waals surface area contributed by atoms with Crippen molar-refractivity contribution in [1.29, 1.82) is 0 Å². The number of rotatable bonds is 3. The maximum atomic E-state index is 13.3. The Morgan fingerprint density at radius 2 is 2.10 bits per heavy atom. The number of nitrogens with one attached hydrogen (secondary N) is 2. The van der Waals surface area contributed by atoms with Crippen molar-refractivity contribution >= 4 is 45.1 Å². The largest absolute Gasteiger partial charge is 0.325 e. The molecule has 1 fully saturated rings. The summed E-state index contributed by atoms with van der Waals surface area (Å²) in [7, 11) is 0. The molecule has 1 saturated heterocycles. The summed E-state index contributed by atoms with van der Waals surface area (Å²) in [4.78, 5) is 44.0. The highest BCUT2D eigenvalue weighted by atomic mass is 32.1. The molecule has 30 heavy (non-hydrogen) atoms. The van der Waals surface area contributed by atoms with Crippen LogP contribution in [0.4, 0.5) is 10.5 Å². The van der Waals surface area contributed by atoms with Crippen LogP contribution in [0, 0.1) is 6.92 Å². The van der Waals surface area contributed by atoms with E-state index >= 15 is 0 Å². The molecule has 0 saturated carbocycles. The van der Waals surface area contributed by atoms with E-state index in [9.17, 15) is 14.4 Å². The maximum absolute atomic E-state index is 13.3. The zero-order valence-electron chi connectivity index (χ0n) is 16.4. The number of benzene rings is 2. The van der Waals surface area contributed by atoms with Crippen LogP contribution in [-0.4, -0.2) is 34.3 Å². The molecule has 0 unspecified atom stereocenters. The number of imide groups is 1. The van der Waals surface area contributed by atoms with Crippen molar-refractivity contribution in [2.75, 3.05) is 11.9 Å². The second kappa shape index (κ2) is 6.91. The van der Waals surface area contributed by atoms with Crippen LogP contribution >= 0.6 is 11.3 Å². The van der Waals surface area contributed by atoms with E-state index in [1.165, 1.54) is 0 Å². The second-order valence-corrected chi connectivity index (χ2v) is 8.94. The molecule has 1 atom stereocenters. The SMILES string of the molecule is Cc1nc2ccc(NC(=O)CN3C(=O)N[C@]4(CCCc5ccccc54)C3=O)cc2s1. The van der Waals surface area contributed by atoms with Crippen molar-refractivity contribution in [3.63, 3.8) is 0 Å². The Morgan fingerprint density at radius 3 is 2.97 bits per heavy atom. The average Bonchev–Trinajstić information content (AvgIpc) is 3.20. The lowest BCUT2D eigenvalue weighted by Gasteiger charge is -2.33. The van der Waals surface area contributed by atoms with E-state index in [-0.39, 0.29) is 12.5 Å². The zero-order valence-corrected chi connectivity index (χ0v) is 17.2. The van der Waals surface area contributed by atoms with E-state index in [2.05, 4.69) is 15.6 Å². The molecule has 2 N–H and O–H groups in total. The van der Waals surface area contributed by atoms with Crippen LogP contribution in [-0.2, 0) is 21.5 Å². The Hall–Kier alpha value is -3.26. The summed E-state index contributed by atoms with van der Waals surface area (Å²) >= 11 is 1.54. The molecule has 1 aliphatic carbocycles. The molecule has 8 heteroatoms. The number of nitrogens with zero attached hydrogens (tertiary/aromatic N) is 2. The van der Waals surface area contributed by atoms with Gasteiger partial charge in [0.15, 0.2) is 0 Å². The molecule has 4 amide bonds. The van der Waals surface area contributed by atoms with Crippen LogP contribution in [0.15, 0.2) is 42.5 Å². The Bertz CT molecular complexity index is 1200. The molecular formula is C22H20N4O3S. The molecule has 7 nitrogen and oxygen atoms in total. The van der Waals surface area contributed by atoms with E-state index in [0.717, 1.165) is 44.1 Å². The maximum Gasteiger partial charge on any atom is 0.325 e. The Labute approximate surface area is 177 Å². The number of amides is 4. The van der Waals surface area contributed by atoms with Gasteiger partial charge < -0.3 is 10.6 Å². The summed E-state index contributed by atoms with van der Waals surface area (Å²) in [6.07, 6.45) is 2.21. The Balaban J connectivity index is 1.35. The van der Waals surface area contributed by atoms with Gasteiger partial charge in [0, 0.05) is 5.69 Å². The first-order valence-electron chi connectivity index (χ1n) is 9.86. The molecule has 3 aromatic rings. The second-order valence-electron chi connectivity index (χ2n) is 7.70. The molecule has 2 aromatic carbocycles. The highest BCUT2D eigenvalue weighted by Gasteiger charge is 2.54. The number of carbonyl (C=O) groups excluding carboxylic acids is 3. The molecule has 5 rings (SSSR count). The quantitative estimate of drug-likeness (QED) is 0.636. The van der Waals surface area contributed by atoms with Crippen LogP contribution in [0.25, 0.3) is 10.2 Å². The van der Waals surface area contributed by atoms with E-state index in [0.29, 0.717) is 12.1 Å². The van der Waals surface area contributed by atoms with Gasteiger partial charge in [-0.1, -0.05) is 24.3 Å². The highest BCUT2D eigenvalue weighted by Crippen LogP contribution is 2.39. The molecule has 1 aliphatic heterocycles. The summed E-state index contributed by atoms with van der Waals surface area (Å²) < 4.78 is 0.970. The van der Waals surface area contributed by atoms with Gasteiger partial charge in [0.05, 0.1) is 15.2 Å². The fourth-order valence-corrected chi connectivity index (χ4v) is 5.28. The topological polar surface area (TPSA) is 91.4 Å². The fourth-order valence-electron chi connectivity index (χ4n) is 4.42. The van der Waals surface area contributed by atoms with Gasteiger partial charge in [0.2, 0.25) is 5.91 Å². The first kappa shape index (κ1) is 18.7. The normalized spacial score (nSPS) is 20.5. The molecule has 2 aliphatic rings. The third-order valence-electron chi connectivity index (χ3n) is 5.73. The number of carbonyl (C=O) groups is 3. The number of aryl methyl sites for hydroxylation is 2. The predicted octanol–water partition coefficient (Wildman–Crippen LogP) is 3.33. The minimum absolute atomic E-state index is 0.325. The van der Waals surface area contributed by atoms with Crippen LogP contribution < -0.4 is 10.6 Å². The van der Waals surface area contributed by atoms with Crippen molar-refractivity contribution in [1.82, 2.24) is 15.2 Å². The number of aromatic nitrogens is 1. The van der Waals surface area contributed by atoms with E-state index in [1.807, 2.05) is 43.3 Å². The summed E-state index contributed by atoms with van der Waals surface area (Å²) in [5, 5.41) is 6.61. The molecule has 1 spiro atoms. The third kappa shape index (κ3) is 2.95. The van der Waals surface area contributed by atoms with Crippen molar-refractivity contribution in [2.24, 2.45) is 0 Å². The number of thiazole rings is 1. The van der Waals surface area contributed by atoms with Crippen LogP contribution in [0.3, 0.4) is 0 Å². The standard InChI is InChI=1S/C22H20N4O3S/c1-13-23-17-9-8-15(11-18(17)30-13)24-19(27)12-26-20(28)22(25-21(26)29)10-4-6-14-5-2-3-7-16(14)22/h2-3,5,7-9,11H,4,6,10,12H2,1H3,(H,24,27)(H,25,29)/t22-/m0/s1. The number of hydrogen-bond donors (Lipinski definition) is 2. The summed E-state index contributed by atoms with van der Waals surface area (Å²) in [6, 6.07) is 12.6. The lowest BCUT2D eigenvalue weighted by atomic mass is 9.76. The lowest BCUT2D eigenvalue weighted by molar-refractivity contribution is -0.134. The van der Waals surface area contributed by atoms with Gasteiger partial charge in [-0.05, 0) is 55.5 Å². The van der Waals surface area contributed by atoms with Crippen LogP contribution in [0.5, 0.6) is 0 Å². The van der Waals surface area contributed by atoms with Crippen molar-refractivity contribution in [3.05, 3.63) is 58.6 Å². The summed E-state index contributed by atoms with van der Waals surface area (Å²) in [5.74, 6) is -0.774. The number of fused-ring (bicyclic) bond motifs is 3. The number of urea groups is 1. The van der Waals surface area contributed by atoms with E-state index in [1.54, 1.807) is 17.4 Å². The molecule has 0 bridgehead atoms. The lowest BCUT2D eigenvalue weighted by Crippen LogP contribution is -2.47. The van der Waals surface area contributed by atoms with E-state index in [4.69, 9.17) is 0 Å². The number of hydrogen-bond acceptors (Lipinski definition) is 5. The van der Waals surface area contributed by atoms with Gasteiger partial charge in [0.25, 0.3) is 5.91 Å². The van der Waals surface area contributed by atoms with Gasteiger partial charge >= 0.3 is 6.03 Å². The van der Waals surface area contributed by atoms with Gasteiger partial charge in [0.1, 0.15) is 12.1 Å².